The van der Waals surface area contributed by atoms with Gasteiger partial charge in [0.05, 0.1) is 21.3 Å². The molecule has 0 unspecified atom stereocenters. The van der Waals surface area contributed by atoms with E-state index < -0.39 is 11.4 Å². The first-order chi connectivity index (χ1) is 18.3. The Balaban J connectivity index is 1.40. The highest BCUT2D eigenvalue weighted by Gasteiger charge is 2.37. The summed E-state index contributed by atoms with van der Waals surface area (Å²) < 4.78 is 0.920. The maximum atomic E-state index is 12.1. The van der Waals surface area contributed by atoms with E-state index in [1.165, 1.54) is 11.3 Å². The summed E-state index contributed by atoms with van der Waals surface area (Å²) in [4.78, 5) is 41.8. The van der Waals surface area contributed by atoms with Crippen LogP contribution < -0.4 is 16.0 Å². The number of nitrogens with one attached hydrogen (secondary N) is 3. The molecule has 4 N–H and O–H groups in total. The number of pyridine rings is 1. The first kappa shape index (κ1) is 25.5. The largest absolute Gasteiger partial charge is 0.481 e. The van der Waals surface area contributed by atoms with Crippen molar-refractivity contribution in [3.8, 4) is 22.4 Å². The Hall–Kier alpha value is -4.12. The van der Waals surface area contributed by atoms with Gasteiger partial charge in [-0.15, -0.1) is 0 Å². The highest BCUT2D eigenvalue weighted by molar-refractivity contribution is 7.22. The summed E-state index contributed by atoms with van der Waals surface area (Å²) in [6.45, 7) is 4.19. The van der Waals surface area contributed by atoms with Gasteiger partial charge in [-0.2, -0.15) is 0 Å². The van der Waals surface area contributed by atoms with Crippen molar-refractivity contribution < 1.29 is 14.7 Å². The number of carbonyl (C=O) groups excluding carboxylic acids is 1. The van der Waals surface area contributed by atoms with Crippen molar-refractivity contribution in [1.82, 2.24) is 25.3 Å². The number of aliphatic carboxylic acids is 1. The summed E-state index contributed by atoms with van der Waals surface area (Å²) in [5.74, 6) is -0.211. The fourth-order valence-corrected chi connectivity index (χ4v) is 5.58. The predicted octanol–water partition coefficient (Wildman–Crippen LogP) is 5.40. The SMILES string of the molecule is CCNC(=O)Nc1nc2cc(-c3cnc(NC4CCC(C)(C(=O)O)CC4)nc3)cc(-c3ccccn3)c2s1. The molecule has 1 aliphatic carbocycles. The van der Waals surface area contributed by atoms with Crippen LogP contribution in [0.4, 0.5) is 15.9 Å². The number of nitrogens with zero attached hydrogens (tertiary/aromatic N) is 4. The number of carboxylic acids is 1. The lowest BCUT2D eigenvalue weighted by Crippen LogP contribution is -2.37. The van der Waals surface area contributed by atoms with Crippen LogP contribution in [0, 0.1) is 5.41 Å². The molecule has 196 valence electrons. The van der Waals surface area contributed by atoms with E-state index in [0.29, 0.717) is 30.5 Å². The van der Waals surface area contributed by atoms with E-state index in [1.807, 2.05) is 44.2 Å². The molecule has 10 nitrogen and oxygen atoms in total. The number of hydrogen-bond acceptors (Lipinski definition) is 8. The maximum absolute atomic E-state index is 12.1. The van der Waals surface area contributed by atoms with Gasteiger partial charge < -0.3 is 15.7 Å². The lowest BCUT2D eigenvalue weighted by Gasteiger charge is -2.34. The second-order valence-corrected chi connectivity index (χ2v) is 10.7. The van der Waals surface area contributed by atoms with Gasteiger partial charge in [-0.3, -0.25) is 15.1 Å². The minimum Gasteiger partial charge on any atom is -0.481 e. The van der Waals surface area contributed by atoms with E-state index in [-0.39, 0.29) is 12.1 Å². The zero-order valence-electron chi connectivity index (χ0n) is 21.2. The van der Waals surface area contributed by atoms with Gasteiger partial charge in [0.15, 0.2) is 5.13 Å². The molecule has 11 heteroatoms. The molecule has 0 radical (unpaired) electrons. The van der Waals surface area contributed by atoms with E-state index in [0.717, 1.165) is 45.4 Å². The molecule has 1 fully saturated rings. The van der Waals surface area contributed by atoms with Crippen LogP contribution in [0.3, 0.4) is 0 Å². The molecule has 3 heterocycles. The van der Waals surface area contributed by atoms with E-state index >= 15 is 0 Å². The molecule has 0 atom stereocenters. The van der Waals surface area contributed by atoms with Crippen molar-refractivity contribution in [1.29, 1.82) is 0 Å². The zero-order chi connectivity index (χ0) is 26.7. The Morgan fingerprint density at radius 2 is 1.87 bits per heavy atom. The maximum Gasteiger partial charge on any atom is 0.321 e. The number of fused-ring (bicyclic) bond motifs is 1. The number of aromatic nitrogens is 4. The van der Waals surface area contributed by atoms with Crippen LogP contribution in [0.25, 0.3) is 32.6 Å². The van der Waals surface area contributed by atoms with Gasteiger partial charge in [-0.1, -0.05) is 17.4 Å². The van der Waals surface area contributed by atoms with Crippen molar-refractivity contribution in [2.75, 3.05) is 17.2 Å². The van der Waals surface area contributed by atoms with Crippen molar-refractivity contribution in [3.05, 3.63) is 48.9 Å². The standard InChI is InChI=1S/C27H29N7O3S/c1-3-28-25(37)34-26-33-21-13-16(12-19(22(21)38-26)20-6-4-5-11-29-20)17-14-30-24(31-15-17)32-18-7-9-27(2,10-8-18)23(35)36/h4-6,11-15,18H,3,7-10H2,1-2H3,(H,35,36)(H,30,31,32)(H2,28,33,34,37). The lowest BCUT2D eigenvalue weighted by atomic mass is 9.74. The Labute approximate surface area is 224 Å². The van der Waals surface area contributed by atoms with Crippen LogP contribution >= 0.6 is 11.3 Å². The third-order valence-corrected chi connectivity index (χ3v) is 7.93. The van der Waals surface area contributed by atoms with Crippen LogP contribution in [-0.4, -0.2) is 49.6 Å². The Morgan fingerprint density at radius 3 is 2.53 bits per heavy atom. The third kappa shape index (κ3) is 5.42. The van der Waals surface area contributed by atoms with Crippen molar-refractivity contribution in [2.45, 2.75) is 45.6 Å². The van der Waals surface area contributed by atoms with Crippen LogP contribution in [0.5, 0.6) is 0 Å². The molecular weight excluding hydrogens is 502 g/mol. The number of benzene rings is 1. The molecule has 0 aliphatic heterocycles. The minimum absolute atomic E-state index is 0.145. The summed E-state index contributed by atoms with van der Waals surface area (Å²) in [7, 11) is 0. The summed E-state index contributed by atoms with van der Waals surface area (Å²) in [6, 6.07) is 9.59. The second kappa shape index (κ2) is 10.7. The number of rotatable bonds is 7. The van der Waals surface area contributed by atoms with Gasteiger partial charge in [0.25, 0.3) is 0 Å². The van der Waals surface area contributed by atoms with Crippen molar-refractivity contribution >= 4 is 44.6 Å². The summed E-state index contributed by atoms with van der Waals surface area (Å²) in [5.41, 5.74) is 3.50. The van der Waals surface area contributed by atoms with Crippen molar-refractivity contribution in [3.63, 3.8) is 0 Å². The number of anilines is 2. The highest BCUT2D eigenvalue weighted by Crippen LogP contribution is 2.39. The number of amides is 2. The quantitative estimate of drug-likeness (QED) is 0.248. The first-order valence-electron chi connectivity index (χ1n) is 12.6. The van der Waals surface area contributed by atoms with Crippen LogP contribution in [0.15, 0.2) is 48.9 Å². The molecule has 38 heavy (non-hydrogen) atoms. The molecule has 5 rings (SSSR count). The van der Waals surface area contributed by atoms with E-state index in [4.69, 9.17) is 0 Å². The van der Waals surface area contributed by atoms with Crippen LogP contribution in [0.2, 0.25) is 0 Å². The number of hydrogen-bond donors (Lipinski definition) is 4. The Morgan fingerprint density at radius 1 is 1.11 bits per heavy atom. The molecule has 4 aromatic rings. The third-order valence-electron chi connectivity index (χ3n) is 6.91. The molecule has 0 spiro atoms. The smallest absolute Gasteiger partial charge is 0.321 e. The number of carboxylic acid groups (broad SMARTS) is 1. The van der Waals surface area contributed by atoms with E-state index in [2.05, 4.69) is 35.9 Å². The number of urea groups is 1. The lowest BCUT2D eigenvalue weighted by molar-refractivity contribution is -0.149. The van der Waals surface area contributed by atoms with Crippen LogP contribution in [-0.2, 0) is 4.79 Å². The Bertz CT molecular complexity index is 1450. The van der Waals surface area contributed by atoms with Gasteiger partial charge in [-0.05, 0) is 69.4 Å². The topological polar surface area (TPSA) is 142 Å². The summed E-state index contributed by atoms with van der Waals surface area (Å²) in [6.07, 6.45) is 8.05. The van der Waals surface area contributed by atoms with Crippen LogP contribution in [0.1, 0.15) is 39.5 Å². The monoisotopic (exact) mass is 531 g/mol. The number of thiazole rings is 1. The fraction of sp³-hybridized carbons (Fsp3) is 0.333. The van der Waals surface area contributed by atoms with Gasteiger partial charge >= 0.3 is 12.0 Å². The molecular formula is C27H29N7O3S. The second-order valence-electron chi connectivity index (χ2n) is 9.67. The summed E-state index contributed by atoms with van der Waals surface area (Å²) in [5, 5.41) is 18.8. The fourth-order valence-electron chi connectivity index (χ4n) is 4.61. The molecule has 0 saturated heterocycles. The predicted molar refractivity (Wildman–Crippen MR) is 148 cm³/mol. The highest BCUT2D eigenvalue weighted by atomic mass is 32.1. The van der Waals surface area contributed by atoms with Gasteiger partial charge in [0.1, 0.15) is 0 Å². The van der Waals surface area contributed by atoms with E-state index in [1.54, 1.807) is 18.6 Å². The van der Waals surface area contributed by atoms with Gasteiger partial charge in [0.2, 0.25) is 5.95 Å². The molecule has 0 bridgehead atoms. The van der Waals surface area contributed by atoms with E-state index in [9.17, 15) is 14.7 Å². The molecule has 1 saturated carbocycles. The molecule has 1 aliphatic rings. The zero-order valence-corrected chi connectivity index (χ0v) is 22.0. The molecule has 3 aromatic heterocycles. The van der Waals surface area contributed by atoms with Gasteiger partial charge in [-0.25, -0.2) is 19.7 Å². The molecule has 2 amide bonds. The molecule has 1 aromatic carbocycles. The Kier molecular flexibility index (Phi) is 7.19. The summed E-state index contributed by atoms with van der Waals surface area (Å²) >= 11 is 1.40. The van der Waals surface area contributed by atoms with Gasteiger partial charge in [0, 0.05) is 42.3 Å². The number of carbonyl (C=O) groups is 2. The van der Waals surface area contributed by atoms with Crippen molar-refractivity contribution in [2.24, 2.45) is 5.41 Å². The average Bonchev–Trinajstić information content (AvgIpc) is 3.32. The average molecular weight is 532 g/mol. The normalized spacial score (nSPS) is 19.2. The minimum atomic E-state index is -0.731. The first-order valence-corrected chi connectivity index (χ1v) is 13.4.